The van der Waals surface area contributed by atoms with Crippen molar-refractivity contribution >= 4 is 67.2 Å². The normalized spacial score (nSPS) is 10.9. The molecule has 0 aliphatic rings. The number of benzene rings is 2. The number of hydrogen-bond donors (Lipinski definition) is 1. The van der Waals surface area contributed by atoms with Crippen molar-refractivity contribution < 1.29 is 4.79 Å². The number of nitrogens with one attached hydrogen (secondary N) is 1. The van der Waals surface area contributed by atoms with Crippen LogP contribution in [0, 0.1) is 3.57 Å². The zero-order valence-corrected chi connectivity index (χ0v) is 15.6. The molecule has 3 rings (SSSR count). The van der Waals surface area contributed by atoms with Crippen molar-refractivity contribution in [3.05, 3.63) is 61.5 Å². The zero-order valence-electron chi connectivity index (χ0n) is 11.8. The van der Waals surface area contributed by atoms with Gasteiger partial charge in [0.15, 0.2) is 0 Å². The fourth-order valence-electron chi connectivity index (χ4n) is 2.32. The van der Waals surface area contributed by atoms with Crippen LogP contribution in [0.3, 0.4) is 0 Å². The molecule has 0 spiro atoms. The summed E-state index contributed by atoms with van der Waals surface area (Å²) in [5.74, 6) is -0.151. The largest absolute Gasteiger partial charge is 0.321 e. The van der Waals surface area contributed by atoms with Gasteiger partial charge in [0.25, 0.3) is 5.91 Å². The summed E-state index contributed by atoms with van der Waals surface area (Å²) in [7, 11) is 0. The van der Waals surface area contributed by atoms with Gasteiger partial charge in [0.1, 0.15) is 4.88 Å². The van der Waals surface area contributed by atoms with E-state index < -0.39 is 0 Å². The Morgan fingerprint density at radius 3 is 2.77 bits per heavy atom. The Labute approximate surface area is 151 Å². The number of halogens is 2. The quantitative estimate of drug-likeness (QED) is 0.498. The Hall–Kier alpha value is -1.11. The first-order valence-electron chi connectivity index (χ1n) is 6.87. The Kier molecular flexibility index (Phi) is 4.70. The van der Waals surface area contributed by atoms with E-state index in [2.05, 4.69) is 40.9 Å². The van der Waals surface area contributed by atoms with E-state index >= 15 is 0 Å². The highest BCUT2D eigenvalue weighted by atomic mass is 127. The van der Waals surface area contributed by atoms with Crippen molar-refractivity contribution in [2.45, 2.75) is 13.3 Å². The van der Waals surface area contributed by atoms with Crippen LogP contribution in [0.5, 0.6) is 0 Å². The average Bonchev–Trinajstić information content (AvgIpc) is 2.86. The monoisotopic (exact) mass is 441 g/mol. The van der Waals surface area contributed by atoms with E-state index in [1.165, 1.54) is 11.3 Å². The Bertz CT molecular complexity index is 859. The maximum absolute atomic E-state index is 12.6. The minimum atomic E-state index is -0.151. The van der Waals surface area contributed by atoms with Crippen LogP contribution in [0.1, 0.15) is 22.2 Å². The van der Waals surface area contributed by atoms with Crippen LogP contribution in [0.15, 0.2) is 42.5 Å². The predicted octanol–water partition coefficient (Wildman–Crippen LogP) is 5.97. The molecule has 1 N–H and O–H groups in total. The van der Waals surface area contributed by atoms with Crippen LogP contribution in [-0.2, 0) is 6.42 Å². The second-order valence-electron chi connectivity index (χ2n) is 4.85. The first kappa shape index (κ1) is 15.8. The number of aryl methyl sites for hydroxylation is 1. The van der Waals surface area contributed by atoms with E-state index in [0.29, 0.717) is 9.90 Å². The third kappa shape index (κ3) is 3.00. The molecule has 112 valence electrons. The predicted molar refractivity (Wildman–Crippen MR) is 103 cm³/mol. The smallest absolute Gasteiger partial charge is 0.267 e. The molecule has 3 aromatic rings. The third-order valence-corrected chi connectivity index (χ3v) is 5.78. The molecule has 0 fully saturated rings. The van der Waals surface area contributed by atoms with E-state index in [1.54, 1.807) is 0 Å². The number of rotatable bonds is 3. The summed E-state index contributed by atoms with van der Waals surface area (Å²) in [6, 6.07) is 13.8. The number of carbonyl (C=O) groups excluding carboxylic acids is 1. The molecule has 0 saturated heterocycles. The van der Waals surface area contributed by atoms with Gasteiger partial charge < -0.3 is 5.32 Å². The SMILES string of the molecule is CCc1cc(I)ccc1NC(=O)c1sc2ccccc2c1Cl. The van der Waals surface area contributed by atoms with Gasteiger partial charge in [-0.25, -0.2) is 0 Å². The van der Waals surface area contributed by atoms with E-state index in [-0.39, 0.29) is 5.91 Å². The molecular formula is C17H13ClINOS. The lowest BCUT2D eigenvalue weighted by atomic mass is 10.1. The van der Waals surface area contributed by atoms with Gasteiger partial charge in [-0.1, -0.05) is 36.7 Å². The molecule has 0 aliphatic carbocycles. The minimum absolute atomic E-state index is 0.151. The number of thiophene rings is 1. The van der Waals surface area contributed by atoms with Crippen LogP contribution in [-0.4, -0.2) is 5.91 Å². The summed E-state index contributed by atoms with van der Waals surface area (Å²) >= 11 is 10.1. The number of anilines is 1. The molecule has 5 heteroatoms. The summed E-state index contributed by atoms with van der Waals surface area (Å²) in [4.78, 5) is 13.1. The third-order valence-electron chi connectivity index (χ3n) is 3.44. The first-order chi connectivity index (χ1) is 10.6. The maximum atomic E-state index is 12.6. The highest BCUT2D eigenvalue weighted by molar-refractivity contribution is 14.1. The summed E-state index contributed by atoms with van der Waals surface area (Å²) < 4.78 is 2.18. The van der Waals surface area contributed by atoms with Gasteiger partial charge in [0.05, 0.1) is 5.02 Å². The standard InChI is InChI=1S/C17H13ClINOS/c1-2-10-9-11(19)7-8-13(10)20-17(21)16-15(18)12-5-3-4-6-14(12)22-16/h3-9H,2H2,1H3,(H,20,21). The molecule has 0 radical (unpaired) electrons. The van der Waals surface area contributed by atoms with Crippen LogP contribution in [0.2, 0.25) is 5.02 Å². The average molecular weight is 442 g/mol. The second kappa shape index (κ2) is 6.56. The number of fused-ring (bicyclic) bond motifs is 1. The molecule has 2 aromatic carbocycles. The zero-order chi connectivity index (χ0) is 15.7. The van der Waals surface area contributed by atoms with E-state index in [9.17, 15) is 4.79 Å². The van der Waals surface area contributed by atoms with Crippen molar-refractivity contribution in [1.29, 1.82) is 0 Å². The molecule has 1 heterocycles. The highest BCUT2D eigenvalue weighted by Gasteiger charge is 2.17. The summed E-state index contributed by atoms with van der Waals surface area (Å²) in [6.07, 6.45) is 0.868. The molecule has 0 aliphatic heterocycles. The van der Waals surface area contributed by atoms with Gasteiger partial charge in [-0.05, 0) is 58.8 Å². The molecule has 0 saturated carbocycles. The Balaban J connectivity index is 1.95. The van der Waals surface area contributed by atoms with E-state index in [4.69, 9.17) is 11.6 Å². The van der Waals surface area contributed by atoms with Gasteiger partial charge in [0, 0.05) is 19.3 Å². The van der Waals surface area contributed by atoms with Gasteiger partial charge >= 0.3 is 0 Å². The highest BCUT2D eigenvalue weighted by Crippen LogP contribution is 2.35. The summed E-state index contributed by atoms with van der Waals surface area (Å²) in [5, 5.41) is 4.45. The lowest BCUT2D eigenvalue weighted by Gasteiger charge is -2.09. The van der Waals surface area contributed by atoms with Crippen LogP contribution >= 0.6 is 45.5 Å². The van der Waals surface area contributed by atoms with Crippen molar-refractivity contribution in [3.8, 4) is 0 Å². The molecule has 0 bridgehead atoms. The summed E-state index contributed by atoms with van der Waals surface area (Å²) in [5.41, 5.74) is 1.97. The molecule has 1 aromatic heterocycles. The molecule has 22 heavy (non-hydrogen) atoms. The van der Waals surface area contributed by atoms with E-state index in [0.717, 1.165) is 31.3 Å². The minimum Gasteiger partial charge on any atom is -0.321 e. The maximum Gasteiger partial charge on any atom is 0.267 e. The van der Waals surface area contributed by atoms with Crippen molar-refractivity contribution in [3.63, 3.8) is 0 Å². The lowest BCUT2D eigenvalue weighted by molar-refractivity contribution is 0.103. The number of hydrogen-bond acceptors (Lipinski definition) is 2. The van der Waals surface area contributed by atoms with Crippen molar-refractivity contribution in [2.24, 2.45) is 0 Å². The molecule has 0 unspecified atom stereocenters. The number of carbonyl (C=O) groups is 1. The molecule has 0 atom stereocenters. The summed E-state index contributed by atoms with van der Waals surface area (Å²) in [6.45, 7) is 2.08. The van der Waals surface area contributed by atoms with Crippen molar-refractivity contribution in [1.82, 2.24) is 0 Å². The van der Waals surface area contributed by atoms with Crippen LogP contribution in [0.25, 0.3) is 10.1 Å². The van der Waals surface area contributed by atoms with Gasteiger partial charge in [-0.15, -0.1) is 11.3 Å². The van der Waals surface area contributed by atoms with Crippen LogP contribution in [0.4, 0.5) is 5.69 Å². The van der Waals surface area contributed by atoms with Gasteiger partial charge in [-0.3, -0.25) is 4.79 Å². The number of amides is 1. The van der Waals surface area contributed by atoms with E-state index in [1.807, 2.05) is 36.4 Å². The fourth-order valence-corrected chi connectivity index (χ4v) is 4.28. The Morgan fingerprint density at radius 1 is 1.27 bits per heavy atom. The molecule has 1 amide bonds. The molecular weight excluding hydrogens is 429 g/mol. The second-order valence-corrected chi connectivity index (χ2v) is 7.53. The fraction of sp³-hybridized carbons (Fsp3) is 0.118. The van der Waals surface area contributed by atoms with Crippen molar-refractivity contribution in [2.75, 3.05) is 5.32 Å². The van der Waals surface area contributed by atoms with Gasteiger partial charge in [-0.2, -0.15) is 0 Å². The first-order valence-corrected chi connectivity index (χ1v) is 9.14. The topological polar surface area (TPSA) is 29.1 Å². The Morgan fingerprint density at radius 2 is 2.05 bits per heavy atom. The lowest BCUT2D eigenvalue weighted by Crippen LogP contribution is -2.12. The van der Waals surface area contributed by atoms with Gasteiger partial charge in [0.2, 0.25) is 0 Å². The molecule has 2 nitrogen and oxygen atoms in total. The van der Waals surface area contributed by atoms with Crippen LogP contribution < -0.4 is 5.32 Å².